The molecule has 0 amide bonds. The van der Waals surface area contributed by atoms with Gasteiger partial charge in [-0.15, -0.1) is 0 Å². The molecule has 53 heavy (non-hydrogen) atoms. The van der Waals surface area contributed by atoms with Crippen molar-refractivity contribution in [3.05, 3.63) is 161 Å². The van der Waals surface area contributed by atoms with Crippen molar-refractivity contribution in [3.8, 4) is 11.5 Å². The van der Waals surface area contributed by atoms with Gasteiger partial charge in [0.25, 0.3) is 0 Å². The zero-order valence-corrected chi connectivity index (χ0v) is 30.5. The number of allylic oxidation sites excluding steroid dienone is 13. The molecule has 4 nitrogen and oxygen atoms in total. The van der Waals surface area contributed by atoms with E-state index in [1.165, 1.54) is 77.8 Å². The number of ether oxygens (including phenoxy) is 3. The Morgan fingerprint density at radius 2 is 1.64 bits per heavy atom. The van der Waals surface area contributed by atoms with Gasteiger partial charge in [-0.3, -0.25) is 0 Å². The number of anilines is 1. The fourth-order valence-electron chi connectivity index (χ4n) is 11.5. The van der Waals surface area contributed by atoms with Gasteiger partial charge in [-0.1, -0.05) is 110 Å². The summed E-state index contributed by atoms with van der Waals surface area (Å²) in [5.41, 5.74) is 7.60. The van der Waals surface area contributed by atoms with Crippen LogP contribution in [0.25, 0.3) is 0 Å². The van der Waals surface area contributed by atoms with E-state index in [1.54, 1.807) is 0 Å². The fourth-order valence-corrected chi connectivity index (χ4v) is 11.5. The molecule has 2 aromatic rings. The highest BCUT2D eigenvalue weighted by atomic mass is 16.5. The molecule has 9 atom stereocenters. The first-order valence-corrected chi connectivity index (χ1v) is 20.5. The molecule has 3 aliphatic heterocycles. The van der Waals surface area contributed by atoms with Crippen molar-refractivity contribution in [2.75, 3.05) is 4.90 Å². The van der Waals surface area contributed by atoms with Crippen LogP contribution in [0.5, 0.6) is 11.5 Å². The molecular formula is C49H49NO3. The monoisotopic (exact) mass is 699 g/mol. The summed E-state index contributed by atoms with van der Waals surface area (Å²) in [6.07, 6.45) is 44.6. The van der Waals surface area contributed by atoms with Crippen LogP contribution in [0.4, 0.5) is 5.69 Å². The highest BCUT2D eigenvalue weighted by Crippen LogP contribution is 2.63. The number of fused-ring (bicyclic) bond motifs is 9. The van der Waals surface area contributed by atoms with Crippen molar-refractivity contribution in [1.29, 1.82) is 0 Å². The van der Waals surface area contributed by atoms with Crippen LogP contribution in [0.1, 0.15) is 81.3 Å². The highest BCUT2D eigenvalue weighted by molar-refractivity contribution is 5.66. The Bertz CT molecular complexity index is 2110. The zero-order valence-electron chi connectivity index (χ0n) is 30.5. The first kappa shape index (κ1) is 31.9. The van der Waals surface area contributed by atoms with Gasteiger partial charge in [-0.2, -0.15) is 0 Å². The Kier molecular flexibility index (Phi) is 7.71. The second-order valence-electron chi connectivity index (χ2n) is 16.6. The number of rotatable bonds is 3. The van der Waals surface area contributed by atoms with E-state index in [0.717, 1.165) is 37.2 Å². The first-order valence-electron chi connectivity index (χ1n) is 20.5. The van der Waals surface area contributed by atoms with Crippen LogP contribution in [0, 0.1) is 11.8 Å². The molecule has 11 rings (SSSR count). The quantitative estimate of drug-likeness (QED) is 0.299. The zero-order chi connectivity index (χ0) is 34.9. The van der Waals surface area contributed by atoms with Crippen LogP contribution >= 0.6 is 0 Å². The highest BCUT2D eigenvalue weighted by Gasteiger charge is 2.61. The van der Waals surface area contributed by atoms with Crippen LogP contribution in [0.15, 0.2) is 150 Å². The molecule has 9 unspecified atom stereocenters. The molecule has 0 bridgehead atoms. The van der Waals surface area contributed by atoms with Gasteiger partial charge < -0.3 is 19.1 Å². The van der Waals surface area contributed by atoms with Gasteiger partial charge in [0, 0.05) is 40.9 Å². The number of para-hydroxylation sites is 2. The Balaban J connectivity index is 0.982. The average molecular weight is 700 g/mol. The van der Waals surface area contributed by atoms with Crippen molar-refractivity contribution in [2.24, 2.45) is 11.8 Å². The van der Waals surface area contributed by atoms with E-state index in [2.05, 4.69) is 132 Å². The lowest BCUT2D eigenvalue weighted by atomic mass is 9.50. The fraction of sp³-hybridized carbons (Fsp3) is 0.388. The summed E-state index contributed by atoms with van der Waals surface area (Å²) >= 11 is 0. The molecular weight excluding hydrogens is 651 g/mol. The lowest BCUT2D eigenvalue weighted by Crippen LogP contribution is -2.60. The van der Waals surface area contributed by atoms with E-state index in [0.29, 0.717) is 17.9 Å². The number of benzene rings is 2. The van der Waals surface area contributed by atoms with E-state index < -0.39 is 0 Å². The van der Waals surface area contributed by atoms with Crippen LogP contribution in [-0.2, 0) is 10.2 Å². The molecule has 3 heterocycles. The van der Waals surface area contributed by atoms with Gasteiger partial charge in [0.2, 0.25) is 0 Å². The van der Waals surface area contributed by atoms with Gasteiger partial charge in [0.15, 0.2) is 0 Å². The SMILES string of the molecule is C1=CCC(c2ccc3c(c2)OC2=C(C=CCC2)C32C3C=CC(C4=CC5Oc6ccccc6N(C6C=CCCC6)C5C=C4)=CC3OC3CCCCC32)C=C1. The van der Waals surface area contributed by atoms with E-state index in [-0.39, 0.29) is 35.7 Å². The summed E-state index contributed by atoms with van der Waals surface area (Å²) in [6.45, 7) is 0. The molecule has 268 valence electrons. The first-order chi connectivity index (χ1) is 26.3. The van der Waals surface area contributed by atoms with Gasteiger partial charge >= 0.3 is 0 Å². The summed E-state index contributed by atoms with van der Waals surface area (Å²) in [6, 6.07) is 16.4. The molecule has 0 N–H and O–H groups in total. The van der Waals surface area contributed by atoms with Crippen LogP contribution in [0.2, 0.25) is 0 Å². The molecule has 0 radical (unpaired) electrons. The molecule has 1 saturated heterocycles. The van der Waals surface area contributed by atoms with Crippen molar-refractivity contribution >= 4 is 5.69 Å². The smallest absolute Gasteiger partial charge is 0.143 e. The molecule has 2 aromatic carbocycles. The van der Waals surface area contributed by atoms with E-state index in [9.17, 15) is 0 Å². The molecule has 2 fully saturated rings. The molecule has 4 heteroatoms. The van der Waals surface area contributed by atoms with Crippen molar-refractivity contribution < 1.29 is 14.2 Å². The summed E-state index contributed by atoms with van der Waals surface area (Å²) in [5.74, 6) is 4.21. The third-order valence-electron chi connectivity index (χ3n) is 13.8. The molecule has 0 aromatic heterocycles. The minimum atomic E-state index is -0.195. The van der Waals surface area contributed by atoms with Crippen LogP contribution < -0.4 is 14.4 Å². The predicted molar refractivity (Wildman–Crippen MR) is 212 cm³/mol. The predicted octanol–water partition coefficient (Wildman–Crippen LogP) is 10.8. The Hall–Kier alpha value is -4.54. The molecule has 1 spiro atoms. The van der Waals surface area contributed by atoms with Crippen molar-refractivity contribution in [3.63, 3.8) is 0 Å². The van der Waals surface area contributed by atoms with Crippen LogP contribution in [0.3, 0.4) is 0 Å². The largest absolute Gasteiger partial charge is 0.482 e. The lowest BCUT2D eigenvalue weighted by Gasteiger charge is -2.59. The summed E-state index contributed by atoms with van der Waals surface area (Å²) in [7, 11) is 0. The lowest BCUT2D eigenvalue weighted by molar-refractivity contribution is -0.135. The van der Waals surface area contributed by atoms with Gasteiger partial charge in [0.05, 0.1) is 23.9 Å². The summed E-state index contributed by atoms with van der Waals surface area (Å²) in [4.78, 5) is 2.61. The standard InChI is InChI=1S/C49H49NO3/c1-3-13-32(14-4-1)33-23-26-39-46(29-33)51-43-20-10-7-17-37(43)49(39)38-18-8-11-21-44(38)52-47-30-34(24-27-40(47)49)35-25-28-42-48(31-35)53-45-22-12-9-19-41(45)50(42)36-15-5-2-6-16-36/h1,3-5,7,9,12-13,15,17,19,22-32,36,38,40,42,44,47-48H,2,6,8,10-11,14,16,18,20-21H2. The topological polar surface area (TPSA) is 30.9 Å². The summed E-state index contributed by atoms with van der Waals surface area (Å²) in [5, 5.41) is 0. The minimum Gasteiger partial charge on any atom is -0.482 e. The average Bonchev–Trinajstić information content (AvgIpc) is 3.22. The van der Waals surface area contributed by atoms with E-state index in [4.69, 9.17) is 14.2 Å². The molecule has 1 saturated carbocycles. The Morgan fingerprint density at radius 1 is 0.736 bits per heavy atom. The maximum Gasteiger partial charge on any atom is 0.143 e. The molecule has 6 aliphatic carbocycles. The third kappa shape index (κ3) is 5.04. The minimum absolute atomic E-state index is 0.0284. The van der Waals surface area contributed by atoms with Crippen molar-refractivity contribution in [2.45, 2.75) is 106 Å². The van der Waals surface area contributed by atoms with E-state index in [1.807, 2.05) is 0 Å². The summed E-state index contributed by atoms with van der Waals surface area (Å²) < 4.78 is 21.0. The van der Waals surface area contributed by atoms with Crippen molar-refractivity contribution in [1.82, 2.24) is 0 Å². The second kappa shape index (κ2) is 12.8. The maximum absolute atomic E-state index is 7.28. The van der Waals surface area contributed by atoms with Crippen LogP contribution in [-0.4, -0.2) is 30.4 Å². The van der Waals surface area contributed by atoms with Gasteiger partial charge in [0.1, 0.15) is 23.4 Å². The Labute approximate surface area is 314 Å². The van der Waals surface area contributed by atoms with Gasteiger partial charge in [-0.25, -0.2) is 0 Å². The van der Waals surface area contributed by atoms with E-state index >= 15 is 0 Å². The number of nitrogens with zero attached hydrogens (tertiary/aromatic N) is 1. The van der Waals surface area contributed by atoms with Gasteiger partial charge in [-0.05, 0) is 97.9 Å². The number of hydrogen-bond donors (Lipinski definition) is 0. The normalized spacial score (nSPS) is 35.9. The third-order valence-corrected chi connectivity index (χ3v) is 13.8. The maximum atomic E-state index is 7.28. The Morgan fingerprint density at radius 3 is 2.55 bits per heavy atom. The molecule has 9 aliphatic rings. The number of hydrogen-bond acceptors (Lipinski definition) is 4. The second-order valence-corrected chi connectivity index (χ2v) is 16.6.